The van der Waals surface area contributed by atoms with Gasteiger partial charge in [-0.1, -0.05) is 30.2 Å². The number of carbonyl (C=O) groups excluding carboxylic acids is 1. The van der Waals surface area contributed by atoms with Crippen LogP contribution in [0, 0.1) is 11.8 Å². The van der Waals surface area contributed by atoms with E-state index in [1.54, 1.807) is 11.6 Å². The van der Waals surface area contributed by atoms with Crippen molar-refractivity contribution in [2.75, 3.05) is 32.1 Å². The Kier molecular flexibility index (Phi) is 5.54. The minimum absolute atomic E-state index is 0.343. The van der Waals surface area contributed by atoms with E-state index in [-0.39, 0.29) is 5.97 Å². The Balaban J connectivity index is 1.39. The minimum Gasteiger partial charge on any atom is -0.465 e. The topological polar surface area (TPSA) is 44.8 Å². The van der Waals surface area contributed by atoms with E-state index in [1.807, 2.05) is 18.2 Å². The van der Waals surface area contributed by atoms with Gasteiger partial charge >= 0.3 is 5.97 Å². The van der Waals surface area contributed by atoms with Crippen molar-refractivity contribution in [3.63, 3.8) is 0 Å². The Hall–Kier alpha value is -1.92. The van der Waals surface area contributed by atoms with Gasteiger partial charge in [-0.2, -0.15) is 0 Å². The maximum absolute atomic E-state index is 12.2. The van der Waals surface area contributed by atoms with Gasteiger partial charge in [-0.05, 0) is 74.8 Å². The molecule has 1 N–H and O–H groups in total. The van der Waals surface area contributed by atoms with Crippen molar-refractivity contribution < 1.29 is 9.53 Å². The first kappa shape index (κ1) is 20.0. The number of para-hydroxylation sites is 1. The van der Waals surface area contributed by atoms with E-state index in [1.165, 1.54) is 52.3 Å². The number of thiocarbonyl (C=S) groups is 1. The zero-order valence-electron chi connectivity index (χ0n) is 17.7. The van der Waals surface area contributed by atoms with E-state index in [2.05, 4.69) is 21.2 Å². The Labute approximate surface area is 184 Å². The zero-order chi connectivity index (χ0) is 20.7. The molecule has 3 fully saturated rings. The number of benzene rings is 1. The van der Waals surface area contributed by atoms with Crippen molar-refractivity contribution in [1.82, 2.24) is 9.80 Å². The third-order valence-corrected chi connectivity index (χ3v) is 7.83. The van der Waals surface area contributed by atoms with Gasteiger partial charge in [0.05, 0.1) is 24.4 Å². The highest BCUT2D eigenvalue weighted by molar-refractivity contribution is 7.80. The summed E-state index contributed by atoms with van der Waals surface area (Å²) in [6.07, 6.45) is 10.3. The number of methoxy groups -OCH3 is 1. The third kappa shape index (κ3) is 3.54. The first-order valence-electron chi connectivity index (χ1n) is 11.4. The Morgan fingerprint density at radius 2 is 2.07 bits per heavy atom. The Morgan fingerprint density at radius 3 is 2.93 bits per heavy atom. The molecule has 0 amide bonds. The number of likely N-dealkylation sites (tertiary alicyclic amines) is 1. The summed E-state index contributed by atoms with van der Waals surface area (Å²) in [4.78, 5) is 17.3. The summed E-state index contributed by atoms with van der Waals surface area (Å²) in [7, 11) is 1.41. The fraction of sp³-hybridized carbons (Fsp3) is 0.583. The number of fused-ring (bicyclic) bond motifs is 6. The van der Waals surface area contributed by atoms with Gasteiger partial charge in [0.1, 0.15) is 0 Å². The molecule has 3 saturated heterocycles. The summed E-state index contributed by atoms with van der Waals surface area (Å²) in [5.74, 6) is 1.01. The van der Waals surface area contributed by atoms with E-state index in [9.17, 15) is 4.79 Å². The second-order valence-corrected chi connectivity index (χ2v) is 9.56. The SMILES string of the molecule is COC(=O)c1ccccc1NC(=S)N1CCCC2=CC3CC(CN4CCCC[C@H]34)[C@@H]21. The molecule has 0 aromatic heterocycles. The Bertz CT molecular complexity index is 870. The number of ether oxygens (including phenoxy) is 1. The van der Waals surface area contributed by atoms with Crippen LogP contribution in [0.3, 0.4) is 0 Å². The maximum Gasteiger partial charge on any atom is 0.339 e. The molecule has 3 heterocycles. The van der Waals surface area contributed by atoms with Crippen LogP contribution in [0.25, 0.3) is 0 Å². The summed E-state index contributed by atoms with van der Waals surface area (Å²) in [6, 6.07) is 8.59. The number of rotatable bonds is 2. The van der Waals surface area contributed by atoms with Crippen LogP contribution >= 0.6 is 12.2 Å². The molecule has 0 radical (unpaired) electrons. The summed E-state index contributed by atoms with van der Waals surface area (Å²) in [5, 5.41) is 4.10. The first-order chi connectivity index (χ1) is 14.7. The van der Waals surface area contributed by atoms with Crippen molar-refractivity contribution in [3.8, 4) is 0 Å². The van der Waals surface area contributed by atoms with Gasteiger partial charge in [-0.3, -0.25) is 4.90 Å². The highest BCUT2D eigenvalue weighted by Crippen LogP contribution is 2.45. The molecule has 3 aliphatic heterocycles. The third-order valence-electron chi connectivity index (χ3n) is 7.49. The van der Waals surface area contributed by atoms with Crippen LogP contribution in [0.5, 0.6) is 0 Å². The molecule has 0 spiro atoms. The highest BCUT2D eigenvalue weighted by atomic mass is 32.1. The van der Waals surface area contributed by atoms with Gasteiger partial charge in [0.15, 0.2) is 5.11 Å². The van der Waals surface area contributed by atoms with E-state index in [0.29, 0.717) is 17.5 Å². The van der Waals surface area contributed by atoms with E-state index >= 15 is 0 Å². The normalized spacial score (nSPS) is 30.6. The molecule has 5 nitrogen and oxygen atoms in total. The maximum atomic E-state index is 12.2. The predicted octanol–water partition coefficient (Wildman–Crippen LogP) is 4.07. The molecule has 2 bridgehead atoms. The molecular weight excluding hydrogens is 394 g/mol. The molecule has 5 rings (SSSR count). The zero-order valence-corrected chi connectivity index (χ0v) is 18.5. The van der Waals surface area contributed by atoms with Crippen LogP contribution in [0.1, 0.15) is 48.9 Å². The molecule has 4 atom stereocenters. The van der Waals surface area contributed by atoms with Gasteiger partial charge in [-0.25, -0.2) is 4.79 Å². The van der Waals surface area contributed by atoms with Crippen molar-refractivity contribution in [2.45, 2.75) is 50.6 Å². The average Bonchev–Trinajstić information content (AvgIpc) is 2.78. The summed E-state index contributed by atoms with van der Waals surface area (Å²) in [6.45, 7) is 3.42. The first-order valence-corrected chi connectivity index (χ1v) is 11.8. The molecular formula is C24H31N3O2S. The van der Waals surface area contributed by atoms with Crippen LogP contribution in [-0.4, -0.2) is 59.7 Å². The second kappa shape index (κ2) is 8.31. The number of carbonyl (C=O) groups is 1. The van der Waals surface area contributed by atoms with Crippen molar-refractivity contribution >= 4 is 29.0 Å². The highest BCUT2D eigenvalue weighted by Gasteiger charge is 2.46. The van der Waals surface area contributed by atoms with E-state index in [4.69, 9.17) is 17.0 Å². The molecule has 160 valence electrons. The molecule has 0 saturated carbocycles. The lowest BCUT2D eigenvalue weighted by Crippen LogP contribution is -2.60. The van der Waals surface area contributed by atoms with Gasteiger partial charge in [-0.15, -0.1) is 0 Å². The molecule has 4 aliphatic rings. The van der Waals surface area contributed by atoms with E-state index < -0.39 is 0 Å². The number of hydrogen-bond donors (Lipinski definition) is 1. The minimum atomic E-state index is -0.343. The summed E-state index contributed by atoms with van der Waals surface area (Å²) in [5.41, 5.74) is 2.84. The number of anilines is 1. The van der Waals surface area contributed by atoms with Crippen molar-refractivity contribution in [1.29, 1.82) is 0 Å². The Morgan fingerprint density at radius 1 is 1.20 bits per heavy atom. The summed E-state index contributed by atoms with van der Waals surface area (Å²) < 4.78 is 4.94. The quantitative estimate of drug-likeness (QED) is 0.438. The number of esters is 1. The number of hydrogen-bond acceptors (Lipinski definition) is 4. The van der Waals surface area contributed by atoms with Crippen LogP contribution in [-0.2, 0) is 4.74 Å². The molecule has 2 unspecified atom stereocenters. The van der Waals surface area contributed by atoms with Gasteiger partial charge in [0.2, 0.25) is 0 Å². The smallest absolute Gasteiger partial charge is 0.339 e. The monoisotopic (exact) mass is 425 g/mol. The van der Waals surface area contributed by atoms with Crippen LogP contribution in [0.2, 0.25) is 0 Å². The molecule has 6 heteroatoms. The summed E-state index contributed by atoms with van der Waals surface area (Å²) >= 11 is 5.89. The molecule has 1 aromatic carbocycles. The largest absolute Gasteiger partial charge is 0.465 e. The lowest BCUT2D eigenvalue weighted by molar-refractivity contribution is 0.0132. The average molecular weight is 426 g/mol. The second-order valence-electron chi connectivity index (χ2n) is 9.17. The van der Waals surface area contributed by atoms with Crippen LogP contribution in [0.4, 0.5) is 5.69 Å². The number of nitrogens with one attached hydrogen (secondary N) is 1. The lowest BCUT2D eigenvalue weighted by atomic mass is 9.68. The van der Waals surface area contributed by atoms with Crippen molar-refractivity contribution in [3.05, 3.63) is 41.5 Å². The fourth-order valence-electron chi connectivity index (χ4n) is 6.27. The lowest BCUT2D eigenvalue weighted by Gasteiger charge is -2.55. The van der Waals surface area contributed by atoms with Gasteiger partial charge in [0, 0.05) is 19.1 Å². The van der Waals surface area contributed by atoms with Gasteiger partial charge < -0.3 is 15.0 Å². The standard InChI is InChI=1S/C24H31N3O2S/c1-29-23(28)19-8-2-3-9-20(19)25-24(30)27-12-6-7-16-13-17-14-18(22(16)27)15-26-11-5-4-10-21(17)26/h2-3,8-9,13,17-18,21-22H,4-7,10-12,14-15H2,1H3,(H,25,30)/t17?,18?,21-,22-/m1/s1. The van der Waals surface area contributed by atoms with Crippen molar-refractivity contribution in [2.24, 2.45) is 11.8 Å². The number of piperidine rings is 3. The van der Waals surface area contributed by atoms with Gasteiger partial charge in [0.25, 0.3) is 0 Å². The van der Waals surface area contributed by atoms with Crippen LogP contribution in [0.15, 0.2) is 35.9 Å². The number of nitrogens with zero attached hydrogens (tertiary/aromatic N) is 2. The predicted molar refractivity (Wildman–Crippen MR) is 123 cm³/mol. The molecule has 1 aromatic rings. The van der Waals surface area contributed by atoms with Crippen LogP contribution < -0.4 is 5.32 Å². The molecule has 1 aliphatic carbocycles. The fourth-order valence-corrected chi connectivity index (χ4v) is 6.58. The molecule has 30 heavy (non-hydrogen) atoms. The van der Waals surface area contributed by atoms with E-state index in [0.717, 1.165) is 35.7 Å².